The van der Waals surface area contributed by atoms with Crippen LogP contribution in [0.2, 0.25) is 0 Å². The van der Waals surface area contributed by atoms with E-state index in [9.17, 15) is 0 Å². The molecule has 0 unspecified atom stereocenters. The second-order valence-corrected chi connectivity index (χ2v) is 3.83. The summed E-state index contributed by atoms with van der Waals surface area (Å²) in [7, 11) is 0. The van der Waals surface area contributed by atoms with Crippen LogP contribution < -0.4 is 0 Å². The molecule has 0 bridgehead atoms. The fourth-order valence-corrected chi connectivity index (χ4v) is 1.80. The molecule has 1 rings (SSSR count). The molecule has 1 aromatic heterocycles. The molecule has 0 fully saturated rings. The third-order valence-electron chi connectivity index (χ3n) is 1.64. The smallest absolute Gasteiger partial charge is 0.0469 e. The Hall–Kier alpha value is -0.340. The third-order valence-corrected chi connectivity index (χ3v) is 2.58. The van der Waals surface area contributed by atoms with Crippen LogP contribution in [-0.4, -0.2) is 13.2 Å². The molecule has 1 nitrogen and oxygen atoms in total. The predicted octanol–water partition coefficient (Wildman–Crippen LogP) is 3.11. The first-order chi connectivity index (χ1) is 5.93. The number of ether oxygens (including phenoxy) is 1. The molecular formula is C10H16OS. The fraction of sp³-hybridized carbons (Fsp3) is 0.600. The highest BCUT2D eigenvalue weighted by molar-refractivity contribution is 7.09. The monoisotopic (exact) mass is 184 g/mol. The quantitative estimate of drug-likeness (QED) is 0.617. The van der Waals surface area contributed by atoms with Gasteiger partial charge in [-0.05, 0) is 30.7 Å². The van der Waals surface area contributed by atoms with Crippen molar-refractivity contribution in [2.45, 2.75) is 26.2 Å². The van der Waals surface area contributed by atoms with Crippen molar-refractivity contribution >= 4 is 11.3 Å². The van der Waals surface area contributed by atoms with Crippen LogP contribution >= 0.6 is 11.3 Å². The normalized spacial score (nSPS) is 10.4. The lowest BCUT2D eigenvalue weighted by molar-refractivity contribution is 0.133. The van der Waals surface area contributed by atoms with Crippen molar-refractivity contribution in [2.75, 3.05) is 13.2 Å². The van der Waals surface area contributed by atoms with Gasteiger partial charge in [-0.1, -0.05) is 13.0 Å². The Bertz CT molecular complexity index is 182. The van der Waals surface area contributed by atoms with Crippen LogP contribution in [0, 0.1) is 0 Å². The van der Waals surface area contributed by atoms with E-state index in [4.69, 9.17) is 4.74 Å². The first-order valence-corrected chi connectivity index (χ1v) is 5.41. The molecule has 0 aromatic carbocycles. The van der Waals surface area contributed by atoms with Gasteiger partial charge < -0.3 is 4.74 Å². The fourth-order valence-electron chi connectivity index (χ4n) is 1.05. The minimum atomic E-state index is 0.907. The summed E-state index contributed by atoms with van der Waals surface area (Å²) in [5.41, 5.74) is 0. The Kier molecular flexibility index (Phi) is 5.04. The maximum atomic E-state index is 5.39. The zero-order valence-corrected chi connectivity index (χ0v) is 8.40. The predicted molar refractivity (Wildman–Crippen MR) is 53.8 cm³/mol. The lowest BCUT2D eigenvalue weighted by Crippen LogP contribution is -1.96. The van der Waals surface area contributed by atoms with Gasteiger partial charge in [0.25, 0.3) is 0 Å². The molecule has 2 heteroatoms. The van der Waals surface area contributed by atoms with E-state index < -0.39 is 0 Å². The molecule has 0 amide bonds. The maximum absolute atomic E-state index is 5.39. The van der Waals surface area contributed by atoms with Crippen LogP contribution in [0.25, 0.3) is 0 Å². The number of hydrogen-bond donors (Lipinski definition) is 0. The van der Waals surface area contributed by atoms with E-state index in [2.05, 4.69) is 24.4 Å². The van der Waals surface area contributed by atoms with Crippen LogP contribution in [0.15, 0.2) is 17.5 Å². The van der Waals surface area contributed by atoms with Gasteiger partial charge in [0.2, 0.25) is 0 Å². The van der Waals surface area contributed by atoms with E-state index in [-0.39, 0.29) is 0 Å². The molecule has 0 aliphatic carbocycles. The van der Waals surface area contributed by atoms with Crippen molar-refractivity contribution < 1.29 is 4.74 Å². The first-order valence-electron chi connectivity index (χ1n) is 4.53. The van der Waals surface area contributed by atoms with E-state index in [1.54, 1.807) is 0 Å². The second-order valence-electron chi connectivity index (χ2n) is 2.80. The first kappa shape index (κ1) is 9.75. The Labute approximate surface area is 78.4 Å². The lowest BCUT2D eigenvalue weighted by atomic mass is 10.3. The number of thiophene rings is 1. The Balaban J connectivity index is 1.96. The van der Waals surface area contributed by atoms with E-state index in [1.807, 2.05) is 11.3 Å². The van der Waals surface area contributed by atoms with Gasteiger partial charge in [-0.2, -0.15) is 0 Å². The molecule has 0 aliphatic heterocycles. The van der Waals surface area contributed by atoms with Gasteiger partial charge in [0.05, 0.1) is 0 Å². The van der Waals surface area contributed by atoms with E-state index >= 15 is 0 Å². The van der Waals surface area contributed by atoms with Gasteiger partial charge in [-0.3, -0.25) is 0 Å². The van der Waals surface area contributed by atoms with Crippen LogP contribution in [0.1, 0.15) is 24.6 Å². The standard InChI is InChI=1S/C10H16OS/c1-2-7-11-8-3-5-10-6-4-9-12-10/h4,6,9H,2-3,5,7-8H2,1H3. The summed E-state index contributed by atoms with van der Waals surface area (Å²) in [5, 5.41) is 2.13. The summed E-state index contributed by atoms with van der Waals surface area (Å²) in [6, 6.07) is 4.29. The molecule has 0 spiro atoms. The molecule has 1 aromatic rings. The van der Waals surface area contributed by atoms with Gasteiger partial charge in [-0.25, -0.2) is 0 Å². The summed E-state index contributed by atoms with van der Waals surface area (Å²) in [5.74, 6) is 0. The zero-order valence-electron chi connectivity index (χ0n) is 7.58. The minimum Gasteiger partial charge on any atom is -0.381 e. The van der Waals surface area contributed by atoms with E-state index in [0.717, 1.165) is 26.1 Å². The minimum absolute atomic E-state index is 0.907. The van der Waals surface area contributed by atoms with E-state index in [0.29, 0.717) is 0 Å². The van der Waals surface area contributed by atoms with Gasteiger partial charge in [0.15, 0.2) is 0 Å². The van der Waals surface area contributed by atoms with Crippen molar-refractivity contribution in [3.05, 3.63) is 22.4 Å². The molecular weight excluding hydrogens is 168 g/mol. The second kappa shape index (κ2) is 6.21. The summed E-state index contributed by atoms with van der Waals surface area (Å²) in [4.78, 5) is 1.47. The Morgan fingerprint density at radius 1 is 1.42 bits per heavy atom. The van der Waals surface area contributed by atoms with Crippen molar-refractivity contribution in [1.29, 1.82) is 0 Å². The number of rotatable bonds is 6. The van der Waals surface area contributed by atoms with Crippen molar-refractivity contribution in [3.63, 3.8) is 0 Å². The molecule has 0 N–H and O–H groups in total. The molecule has 0 saturated heterocycles. The molecule has 0 radical (unpaired) electrons. The van der Waals surface area contributed by atoms with Gasteiger partial charge >= 0.3 is 0 Å². The Morgan fingerprint density at radius 3 is 3.00 bits per heavy atom. The molecule has 0 saturated carbocycles. The van der Waals surface area contributed by atoms with Gasteiger partial charge in [0.1, 0.15) is 0 Å². The van der Waals surface area contributed by atoms with E-state index in [1.165, 1.54) is 11.3 Å². The maximum Gasteiger partial charge on any atom is 0.0469 e. The number of aryl methyl sites for hydroxylation is 1. The van der Waals surface area contributed by atoms with Crippen LogP contribution in [0.4, 0.5) is 0 Å². The van der Waals surface area contributed by atoms with Crippen molar-refractivity contribution in [1.82, 2.24) is 0 Å². The molecule has 0 atom stereocenters. The summed E-state index contributed by atoms with van der Waals surface area (Å²) >= 11 is 1.83. The molecule has 0 aliphatic rings. The van der Waals surface area contributed by atoms with Crippen LogP contribution in [0.5, 0.6) is 0 Å². The summed E-state index contributed by atoms with van der Waals surface area (Å²) < 4.78 is 5.39. The van der Waals surface area contributed by atoms with Crippen LogP contribution in [-0.2, 0) is 11.2 Å². The average molecular weight is 184 g/mol. The highest BCUT2D eigenvalue weighted by Gasteiger charge is 1.92. The van der Waals surface area contributed by atoms with Crippen molar-refractivity contribution in [2.24, 2.45) is 0 Å². The summed E-state index contributed by atoms with van der Waals surface area (Å²) in [6.45, 7) is 3.95. The van der Waals surface area contributed by atoms with Gasteiger partial charge in [0, 0.05) is 18.1 Å². The van der Waals surface area contributed by atoms with Crippen LogP contribution in [0.3, 0.4) is 0 Å². The Morgan fingerprint density at radius 2 is 2.33 bits per heavy atom. The largest absolute Gasteiger partial charge is 0.381 e. The molecule has 1 heterocycles. The average Bonchev–Trinajstić information content (AvgIpc) is 2.57. The van der Waals surface area contributed by atoms with Gasteiger partial charge in [-0.15, -0.1) is 11.3 Å². The van der Waals surface area contributed by atoms with Crippen molar-refractivity contribution in [3.8, 4) is 0 Å². The SMILES string of the molecule is CCCOCCCc1cccs1. The topological polar surface area (TPSA) is 9.23 Å². The number of hydrogen-bond acceptors (Lipinski definition) is 2. The zero-order chi connectivity index (χ0) is 8.65. The third kappa shape index (κ3) is 3.88. The summed E-state index contributed by atoms with van der Waals surface area (Å²) in [6.07, 6.45) is 3.45. The molecule has 68 valence electrons. The molecule has 12 heavy (non-hydrogen) atoms. The lowest BCUT2D eigenvalue weighted by Gasteiger charge is -2.00. The highest BCUT2D eigenvalue weighted by Crippen LogP contribution is 2.10. The highest BCUT2D eigenvalue weighted by atomic mass is 32.1.